The van der Waals surface area contributed by atoms with Crippen molar-refractivity contribution in [1.82, 2.24) is 9.38 Å². The topological polar surface area (TPSA) is 64.9 Å². The third-order valence-electron chi connectivity index (χ3n) is 4.07. The first-order valence-corrected chi connectivity index (χ1v) is 9.39. The van der Waals surface area contributed by atoms with Crippen LogP contribution in [-0.2, 0) is 9.53 Å². The number of benzene rings is 1. The van der Waals surface area contributed by atoms with E-state index in [2.05, 4.69) is 15.0 Å². The standard InChI is InChI=1S/C21H21F4N3O3/c1-20(2,3)30-11-10-17(29)27-19-18(28-12-14(22)6-9-16(28)26-19)13-4-7-15(8-5-13)31-21(23,24)25/h4-9,12H,10-11H2,1-3H3,(H,27,29). The van der Waals surface area contributed by atoms with Crippen LogP contribution < -0.4 is 10.1 Å². The van der Waals surface area contributed by atoms with Gasteiger partial charge in [-0.1, -0.05) is 0 Å². The molecule has 10 heteroatoms. The molecule has 3 aromatic rings. The molecule has 0 radical (unpaired) electrons. The summed E-state index contributed by atoms with van der Waals surface area (Å²) in [5.74, 6) is -1.16. The number of fused-ring (bicyclic) bond motifs is 1. The van der Waals surface area contributed by atoms with Gasteiger partial charge < -0.3 is 14.8 Å². The number of anilines is 1. The molecule has 2 aromatic heterocycles. The molecule has 0 fully saturated rings. The average molecular weight is 439 g/mol. The summed E-state index contributed by atoms with van der Waals surface area (Å²) < 4.78 is 61.9. The van der Waals surface area contributed by atoms with Crippen molar-refractivity contribution in [2.75, 3.05) is 11.9 Å². The van der Waals surface area contributed by atoms with Crippen LogP contribution in [-0.4, -0.2) is 33.9 Å². The summed E-state index contributed by atoms with van der Waals surface area (Å²) in [5.41, 5.74) is 0.687. The molecule has 0 bridgehead atoms. The van der Waals surface area contributed by atoms with Crippen molar-refractivity contribution in [2.24, 2.45) is 0 Å². The average Bonchev–Trinajstić information content (AvgIpc) is 2.97. The number of carbonyl (C=O) groups is 1. The van der Waals surface area contributed by atoms with E-state index < -0.39 is 23.5 Å². The Balaban J connectivity index is 1.90. The number of nitrogens with zero attached hydrogens (tertiary/aromatic N) is 2. The van der Waals surface area contributed by atoms with Crippen LogP contribution in [0.25, 0.3) is 16.9 Å². The highest BCUT2D eigenvalue weighted by Gasteiger charge is 2.31. The van der Waals surface area contributed by atoms with Crippen LogP contribution in [0.5, 0.6) is 5.75 Å². The third-order valence-corrected chi connectivity index (χ3v) is 4.07. The van der Waals surface area contributed by atoms with E-state index in [-0.39, 0.29) is 24.8 Å². The molecular weight excluding hydrogens is 418 g/mol. The van der Waals surface area contributed by atoms with Crippen molar-refractivity contribution in [3.63, 3.8) is 0 Å². The van der Waals surface area contributed by atoms with Crippen LogP contribution in [0.15, 0.2) is 42.6 Å². The summed E-state index contributed by atoms with van der Waals surface area (Å²) in [6.07, 6.45) is -3.57. The first-order chi connectivity index (χ1) is 14.4. The van der Waals surface area contributed by atoms with E-state index >= 15 is 0 Å². The lowest BCUT2D eigenvalue weighted by atomic mass is 10.1. The number of hydrogen-bond acceptors (Lipinski definition) is 4. The van der Waals surface area contributed by atoms with Gasteiger partial charge in [-0.3, -0.25) is 9.20 Å². The number of rotatable bonds is 6. The third kappa shape index (κ3) is 6.17. The van der Waals surface area contributed by atoms with E-state index in [4.69, 9.17) is 4.74 Å². The normalized spacial score (nSPS) is 12.2. The molecule has 0 aliphatic heterocycles. The molecule has 31 heavy (non-hydrogen) atoms. The van der Waals surface area contributed by atoms with Crippen molar-refractivity contribution >= 4 is 17.4 Å². The van der Waals surface area contributed by atoms with E-state index in [1.54, 1.807) is 0 Å². The largest absolute Gasteiger partial charge is 0.573 e. The number of nitrogens with one attached hydrogen (secondary N) is 1. The summed E-state index contributed by atoms with van der Waals surface area (Å²) in [7, 11) is 0. The van der Waals surface area contributed by atoms with Gasteiger partial charge in [0.2, 0.25) is 5.91 Å². The molecule has 1 aromatic carbocycles. The smallest absolute Gasteiger partial charge is 0.406 e. The number of hydrogen-bond donors (Lipinski definition) is 1. The Hall–Kier alpha value is -3.14. The minimum Gasteiger partial charge on any atom is -0.406 e. The Labute approximate surface area is 175 Å². The highest BCUT2D eigenvalue weighted by atomic mass is 19.4. The van der Waals surface area contributed by atoms with E-state index in [0.717, 1.165) is 12.1 Å². The number of pyridine rings is 1. The molecule has 0 saturated heterocycles. The Morgan fingerprint density at radius 2 is 1.77 bits per heavy atom. The van der Waals surface area contributed by atoms with Gasteiger partial charge in [0.1, 0.15) is 17.2 Å². The summed E-state index contributed by atoms with van der Waals surface area (Å²) in [6, 6.07) is 7.64. The van der Waals surface area contributed by atoms with Gasteiger partial charge in [-0.05, 0) is 57.2 Å². The molecule has 1 amide bonds. The van der Waals surface area contributed by atoms with Gasteiger partial charge in [-0.25, -0.2) is 9.37 Å². The highest BCUT2D eigenvalue weighted by Crippen LogP contribution is 2.32. The lowest BCUT2D eigenvalue weighted by Gasteiger charge is -2.19. The van der Waals surface area contributed by atoms with Gasteiger partial charge in [0.25, 0.3) is 0 Å². The van der Waals surface area contributed by atoms with Gasteiger partial charge in [-0.15, -0.1) is 13.2 Å². The first-order valence-electron chi connectivity index (χ1n) is 9.39. The Bertz CT molecular complexity index is 1070. The Morgan fingerprint density at radius 1 is 1.10 bits per heavy atom. The molecule has 3 rings (SSSR count). The lowest BCUT2D eigenvalue weighted by molar-refractivity contribution is -0.274. The van der Waals surface area contributed by atoms with Crippen LogP contribution in [0.1, 0.15) is 27.2 Å². The van der Waals surface area contributed by atoms with Gasteiger partial charge in [0.05, 0.1) is 24.3 Å². The number of carbonyl (C=O) groups excluding carboxylic acids is 1. The summed E-state index contributed by atoms with van der Waals surface area (Å²) in [5, 5.41) is 2.67. The van der Waals surface area contributed by atoms with Crippen LogP contribution in [0.3, 0.4) is 0 Å². The predicted octanol–water partition coefficient (Wildman–Crippen LogP) is 5.18. The molecule has 1 N–H and O–H groups in total. The van der Waals surface area contributed by atoms with Crippen molar-refractivity contribution in [3.8, 4) is 17.0 Å². The second-order valence-corrected chi connectivity index (χ2v) is 7.72. The van der Waals surface area contributed by atoms with Crippen LogP contribution in [0.4, 0.5) is 23.4 Å². The maximum absolute atomic E-state index is 13.8. The second kappa shape index (κ2) is 8.54. The zero-order valence-electron chi connectivity index (χ0n) is 17.1. The fourth-order valence-corrected chi connectivity index (χ4v) is 2.84. The number of amides is 1. The predicted molar refractivity (Wildman–Crippen MR) is 106 cm³/mol. The number of alkyl halides is 3. The summed E-state index contributed by atoms with van der Waals surface area (Å²) >= 11 is 0. The van der Waals surface area contributed by atoms with Gasteiger partial charge in [0, 0.05) is 11.8 Å². The maximum atomic E-state index is 13.8. The molecular formula is C21H21F4N3O3. The summed E-state index contributed by atoms with van der Waals surface area (Å²) in [4.78, 5) is 16.7. The molecule has 166 valence electrons. The number of ether oxygens (including phenoxy) is 2. The van der Waals surface area contributed by atoms with Crippen molar-refractivity contribution in [1.29, 1.82) is 0 Å². The van der Waals surface area contributed by atoms with Crippen LogP contribution in [0.2, 0.25) is 0 Å². The molecule has 2 heterocycles. The Morgan fingerprint density at radius 3 is 2.39 bits per heavy atom. The zero-order valence-corrected chi connectivity index (χ0v) is 17.1. The molecule has 0 aliphatic carbocycles. The minimum absolute atomic E-state index is 0.0668. The molecule has 0 spiro atoms. The van der Waals surface area contributed by atoms with E-state index in [0.29, 0.717) is 16.9 Å². The highest BCUT2D eigenvalue weighted by molar-refractivity contribution is 5.94. The summed E-state index contributed by atoms with van der Waals surface area (Å²) in [6.45, 7) is 5.79. The fourth-order valence-electron chi connectivity index (χ4n) is 2.84. The second-order valence-electron chi connectivity index (χ2n) is 7.72. The molecule has 6 nitrogen and oxygen atoms in total. The van der Waals surface area contributed by atoms with Gasteiger partial charge >= 0.3 is 6.36 Å². The van der Waals surface area contributed by atoms with E-state index in [1.165, 1.54) is 34.9 Å². The SMILES string of the molecule is CC(C)(C)OCCC(=O)Nc1nc2ccc(F)cn2c1-c1ccc(OC(F)(F)F)cc1. The zero-order chi connectivity index (χ0) is 22.8. The Kier molecular flexibility index (Phi) is 6.21. The van der Waals surface area contributed by atoms with Gasteiger partial charge in [-0.2, -0.15) is 0 Å². The number of halogens is 4. The van der Waals surface area contributed by atoms with Crippen LogP contribution >= 0.6 is 0 Å². The van der Waals surface area contributed by atoms with E-state index in [9.17, 15) is 22.4 Å². The van der Waals surface area contributed by atoms with Gasteiger partial charge in [0.15, 0.2) is 5.82 Å². The van der Waals surface area contributed by atoms with E-state index in [1.807, 2.05) is 20.8 Å². The molecule has 0 saturated carbocycles. The van der Waals surface area contributed by atoms with Crippen LogP contribution in [0, 0.1) is 5.82 Å². The fraction of sp³-hybridized carbons (Fsp3) is 0.333. The lowest BCUT2D eigenvalue weighted by Crippen LogP contribution is -2.23. The van der Waals surface area contributed by atoms with Crippen molar-refractivity contribution < 1.29 is 31.8 Å². The maximum Gasteiger partial charge on any atom is 0.573 e. The molecule has 0 atom stereocenters. The quantitative estimate of drug-likeness (QED) is 0.538. The molecule has 0 aliphatic rings. The number of aromatic nitrogens is 2. The first kappa shape index (κ1) is 22.5. The minimum atomic E-state index is -4.82. The van der Waals surface area contributed by atoms with Crippen molar-refractivity contribution in [3.05, 3.63) is 48.4 Å². The monoisotopic (exact) mass is 439 g/mol. The number of imidazole rings is 1. The van der Waals surface area contributed by atoms with Crippen molar-refractivity contribution in [2.45, 2.75) is 39.2 Å². The molecule has 0 unspecified atom stereocenters.